The Kier molecular flexibility index (Phi) is 2.86. The molecule has 0 amide bonds. The van der Waals surface area contributed by atoms with Crippen LogP contribution < -0.4 is 5.56 Å². The molecule has 1 aromatic carbocycles. The lowest BCUT2D eigenvalue weighted by Gasteiger charge is -2.18. The number of carboxylic acids is 1. The Balaban J connectivity index is 2.51. The number of rotatable bonds is 3. The second-order valence-electron chi connectivity index (χ2n) is 4.76. The number of aromatic nitrogens is 3. The first-order valence-corrected chi connectivity index (χ1v) is 5.48. The number of nitrogens with zero attached hydrogens (tertiary/aromatic N) is 3. The average molecular weight is 247 g/mol. The maximum atomic E-state index is 12.1. The van der Waals surface area contributed by atoms with Crippen LogP contribution in [0.5, 0.6) is 0 Å². The van der Waals surface area contributed by atoms with Gasteiger partial charge in [-0.1, -0.05) is 17.3 Å². The number of hydrogen-bond acceptors (Lipinski definition) is 4. The van der Waals surface area contributed by atoms with Gasteiger partial charge < -0.3 is 5.11 Å². The number of carbonyl (C=O) groups is 1. The third-order valence-corrected chi connectivity index (χ3v) is 2.75. The lowest BCUT2D eigenvalue weighted by Crippen LogP contribution is -2.35. The molecule has 6 heteroatoms. The van der Waals surface area contributed by atoms with Crippen molar-refractivity contribution in [3.05, 3.63) is 34.6 Å². The van der Waals surface area contributed by atoms with Crippen molar-refractivity contribution in [3.8, 4) is 0 Å². The van der Waals surface area contributed by atoms with Crippen LogP contribution in [0.1, 0.15) is 13.8 Å². The summed E-state index contributed by atoms with van der Waals surface area (Å²) in [4.78, 5) is 23.1. The third-order valence-electron chi connectivity index (χ3n) is 2.75. The van der Waals surface area contributed by atoms with Crippen LogP contribution in [-0.4, -0.2) is 26.1 Å². The van der Waals surface area contributed by atoms with Crippen molar-refractivity contribution in [1.29, 1.82) is 0 Å². The van der Waals surface area contributed by atoms with Gasteiger partial charge in [-0.3, -0.25) is 9.59 Å². The van der Waals surface area contributed by atoms with Gasteiger partial charge in [0.1, 0.15) is 5.52 Å². The average Bonchev–Trinajstić information content (AvgIpc) is 2.33. The Morgan fingerprint density at radius 1 is 1.39 bits per heavy atom. The van der Waals surface area contributed by atoms with Gasteiger partial charge in [0.25, 0.3) is 5.56 Å². The molecule has 1 N–H and O–H groups in total. The zero-order chi connectivity index (χ0) is 13.3. The zero-order valence-electron chi connectivity index (χ0n) is 10.1. The molecule has 2 rings (SSSR count). The predicted octanol–water partition coefficient (Wildman–Crippen LogP) is 0.902. The summed E-state index contributed by atoms with van der Waals surface area (Å²) in [5, 5.41) is 17.2. The van der Waals surface area contributed by atoms with Crippen LogP contribution in [-0.2, 0) is 11.3 Å². The number of hydrogen-bond donors (Lipinski definition) is 1. The van der Waals surface area contributed by atoms with Crippen LogP contribution in [0.3, 0.4) is 0 Å². The highest BCUT2D eigenvalue weighted by molar-refractivity contribution is 5.76. The highest BCUT2D eigenvalue weighted by Crippen LogP contribution is 2.16. The molecule has 1 heterocycles. The molecule has 0 atom stereocenters. The van der Waals surface area contributed by atoms with Gasteiger partial charge in [0.05, 0.1) is 17.3 Å². The molecule has 18 heavy (non-hydrogen) atoms. The number of aliphatic carboxylic acids is 1. The highest BCUT2D eigenvalue weighted by atomic mass is 16.4. The number of benzene rings is 1. The first-order chi connectivity index (χ1) is 8.42. The molecule has 0 aliphatic heterocycles. The second kappa shape index (κ2) is 4.21. The van der Waals surface area contributed by atoms with Crippen molar-refractivity contribution >= 4 is 16.9 Å². The Labute approximate surface area is 103 Å². The fourth-order valence-corrected chi connectivity index (χ4v) is 1.57. The Morgan fingerprint density at radius 2 is 2.06 bits per heavy atom. The minimum absolute atomic E-state index is 0.0149. The lowest BCUT2D eigenvalue weighted by molar-refractivity contribution is -0.147. The fourth-order valence-electron chi connectivity index (χ4n) is 1.57. The predicted molar refractivity (Wildman–Crippen MR) is 65.2 cm³/mol. The molecule has 0 radical (unpaired) electrons. The first-order valence-electron chi connectivity index (χ1n) is 5.48. The molecule has 0 saturated heterocycles. The van der Waals surface area contributed by atoms with E-state index in [1.165, 1.54) is 0 Å². The van der Waals surface area contributed by atoms with E-state index in [0.717, 1.165) is 4.68 Å². The minimum atomic E-state index is -1.07. The molecule has 2 aromatic rings. The summed E-state index contributed by atoms with van der Waals surface area (Å²) in [6.45, 7) is 3.07. The zero-order valence-corrected chi connectivity index (χ0v) is 10.1. The van der Waals surface area contributed by atoms with Crippen LogP contribution in [0.15, 0.2) is 29.1 Å². The molecule has 1 aromatic heterocycles. The van der Waals surface area contributed by atoms with Crippen molar-refractivity contribution in [2.45, 2.75) is 20.4 Å². The van der Waals surface area contributed by atoms with E-state index in [1.807, 2.05) is 0 Å². The summed E-state index contributed by atoms with van der Waals surface area (Å²) >= 11 is 0. The smallest absolute Gasteiger partial charge is 0.310 e. The minimum Gasteiger partial charge on any atom is -0.481 e. The first kappa shape index (κ1) is 12.2. The standard InChI is InChI=1S/C12H13N3O3/c1-12(2,11(17)18)7-15-10(16)8-5-3-4-6-9(8)13-14-15/h3-6H,7H2,1-2H3,(H,17,18). The van der Waals surface area contributed by atoms with Crippen molar-refractivity contribution < 1.29 is 9.90 Å². The number of carboxylic acid groups (broad SMARTS) is 1. The van der Waals surface area contributed by atoms with Crippen LogP contribution in [0.2, 0.25) is 0 Å². The summed E-state index contributed by atoms with van der Waals surface area (Å²) in [5.74, 6) is -0.982. The molecule has 94 valence electrons. The summed E-state index contributed by atoms with van der Waals surface area (Å²) in [6.07, 6.45) is 0. The van der Waals surface area contributed by atoms with Gasteiger partial charge in [0.2, 0.25) is 0 Å². The van der Waals surface area contributed by atoms with Crippen LogP contribution in [0.25, 0.3) is 10.9 Å². The molecular formula is C12H13N3O3. The molecular weight excluding hydrogens is 234 g/mol. The van der Waals surface area contributed by atoms with Gasteiger partial charge in [-0.2, -0.15) is 0 Å². The maximum absolute atomic E-state index is 12.1. The lowest BCUT2D eigenvalue weighted by atomic mass is 9.94. The van der Waals surface area contributed by atoms with E-state index in [1.54, 1.807) is 38.1 Å². The van der Waals surface area contributed by atoms with Gasteiger partial charge in [-0.25, -0.2) is 4.68 Å². The maximum Gasteiger partial charge on any atom is 0.310 e. The molecule has 0 saturated carbocycles. The van der Waals surface area contributed by atoms with Crippen molar-refractivity contribution in [1.82, 2.24) is 15.0 Å². The van der Waals surface area contributed by atoms with Gasteiger partial charge >= 0.3 is 5.97 Å². The normalized spacial score (nSPS) is 11.7. The molecule has 0 aliphatic rings. The van der Waals surface area contributed by atoms with Gasteiger partial charge in [-0.15, -0.1) is 5.10 Å². The van der Waals surface area contributed by atoms with E-state index in [4.69, 9.17) is 5.11 Å². The topological polar surface area (TPSA) is 85.1 Å². The fraction of sp³-hybridized carbons (Fsp3) is 0.333. The third kappa shape index (κ3) is 2.09. The van der Waals surface area contributed by atoms with E-state index < -0.39 is 11.4 Å². The van der Waals surface area contributed by atoms with E-state index in [0.29, 0.717) is 10.9 Å². The highest BCUT2D eigenvalue weighted by Gasteiger charge is 2.29. The van der Waals surface area contributed by atoms with Crippen molar-refractivity contribution in [2.75, 3.05) is 0 Å². The van der Waals surface area contributed by atoms with Crippen LogP contribution in [0.4, 0.5) is 0 Å². The summed E-state index contributed by atoms with van der Waals surface area (Å²) < 4.78 is 1.09. The summed E-state index contributed by atoms with van der Waals surface area (Å²) in [7, 11) is 0. The van der Waals surface area contributed by atoms with E-state index in [9.17, 15) is 9.59 Å². The molecule has 0 fully saturated rings. The Morgan fingerprint density at radius 3 is 2.72 bits per heavy atom. The van der Waals surface area contributed by atoms with E-state index >= 15 is 0 Å². The summed E-state index contributed by atoms with van der Waals surface area (Å²) in [6, 6.07) is 6.84. The van der Waals surface area contributed by atoms with Gasteiger partial charge in [0.15, 0.2) is 0 Å². The van der Waals surface area contributed by atoms with Crippen LogP contribution in [0, 0.1) is 5.41 Å². The molecule has 0 aliphatic carbocycles. The van der Waals surface area contributed by atoms with E-state index in [2.05, 4.69) is 10.3 Å². The monoisotopic (exact) mass is 247 g/mol. The van der Waals surface area contributed by atoms with Crippen molar-refractivity contribution in [3.63, 3.8) is 0 Å². The van der Waals surface area contributed by atoms with Crippen molar-refractivity contribution in [2.24, 2.45) is 5.41 Å². The molecule has 0 bridgehead atoms. The molecule has 0 unspecified atom stereocenters. The quantitative estimate of drug-likeness (QED) is 0.871. The Hall–Kier alpha value is -2.24. The largest absolute Gasteiger partial charge is 0.481 e. The number of fused-ring (bicyclic) bond motifs is 1. The molecule has 6 nitrogen and oxygen atoms in total. The van der Waals surface area contributed by atoms with Gasteiger partial charge in [-0.05, 0) is 26.0 Å². The molecule has 0 spiro atoms. The Bertz CT molecular complexity index is 661. The summed E-state index contributed by atoms with van der Waals surface area (Å²) in [5.41, 5.74) is -0.886. The van der Waals surface area contributed by atoms with Gasteiger partial charge in [0, 0.05) is 0 Å². The van der Waals surface area contributed by atoms with Crippen LogP contribution >= 0.6 is 0 Å². The van der Waals surface area contributed by atoms with E-state index in [-0.39, 0.29) is 12.1 Å². The SMILES string of the molecule is CC(C)(Cn1nnc2ccccc2c1=O)C(=O)O. The second-order valence-corrected chi connectivity index (χ2v) is 4.76.